The fourth-order valence-electron chi connectivity index (χ4n) is 1.50. The molecule has 1 aromatic heterocycles. The molecule has 0 fully saturated rings. The average molecular weight is 339 g/mol. The minimum absolute atomic E-state index is 0.0733. The van der Waals surface area contributed by atoms with Crippen molar-refractivity contribution in [2.24, 2.45) is 5.73 Å². The number of nitrogens with two attached hydrogens (primary N) is 1. The highest BCUT2D eigenvalue weighted by Crippen LogP contribution is 2.36. The molecule has 2 rings (SSSR count). The lowest BCUT2D eigenvalue weighted by atomic mass is 10.3. The molecule has 0 amide bonds. The molecule has 0 radical (unpaired) electrons. The lowest BCUT2D eigenvalue weighted by Gasteiger charge is -2.03. The number of halogens is 4. The molecule has 108 valence electrons. The van der Waals surface area contributed by atoms with Crippen LogP contribution < -0.4 is 5.73 Å². The van der Waals surface area contributed by atoms with Crippen LogP contribution in [0.1, 0.15) is 15.6 Å². The van der Waals surface area contributed by atoms with E-state index < -0.39 is 11.9 Å². The zero-order chi connectivity index (χ0) is 14.8. The van der Waals surface area contributed by atoms with Crippen LogP contribution in [-0.4, -0.2) is 4.98 Å². The van der Waals surface area contributed by atoms with Crippen molar-refractivity contribution in [3.05, 3.63) is 44.9 Å². The molecule has 20 heavy (non-hydrogen) atoms. The van der Waals surface area contributed by atoms with Crippen molar-refractivity contribution in [3.8, 4) is 0 Å². The molecule has 0 unspecified atom stereocenters. The molecule has 2 aromatic rings. The van der Waals surface area contributed by atoms with Gasteiger partial charge in [-0.15, -0.1) is 23.1 Å². The highest BCUT2D eigenvalue weighted by molar-refractivity contribution is 7.98. The van der Waals surface area contributed by atoms with Gasteiger partial charge in [0.1, 0.15) is 5.01 Å². The van der Waals surface area contributed by atoms with Crippen molar-refractivity contribution in [2.75, 3.05) is 0 Å². The van der Waals surface area contributed by atoms with Crippen molar-refractivity contribution in [1.29, 1.82) is 0 Å². The quantitative estimate of drug-likeness (QED) is 0.830. The van der Waals surface area contributed by atoms with Gasteiger partial charge in [-0.2, -0.15) is 13.2 Å². The second-order valence-corrected chi connectivity index (χ2v) is 6.48. The summed E-state index contributed by atoms with van der Waals surface area (Å²) in [6, 6.07) is 7.10. The maximum absolute atomic E-state index is 12.7. The molecular weight excluding hydrogens is 329 g/mol. The second kappa shape index (κ2) is 6.34. The first-order chi connectivity index (χ1) is 9.40. The van der Waals surface area contributed by atoms with E-state index in [1.54, 1.807) is 12.1 Å². The third kappa shape index (κ3) is 3.88. The number of thioether (sulfide) groups is 1. The van der Waals surface area contributed by atoms with Gasteiger partial charge in [0.15, 0.2) is 5.69 Å². The van der Waals surface area contributed by atoms with E-state index in [1.165, 1.54) is 11.8 Å². The normalized spacial score (nSPS) is 11.8. The van der Waals surface area contributed by atoms with Gasteiger partial charge in [0.05, 0.1) is 10.6 Å². The maximum Gasteiger partial charge on any atom is 0.434 e. The Hall–Kier alpha value is -0.760. The summed E-state index contributed by atoms with van der Waals surface area (Å²) >= 11 is 8.18. The van der Waals surface area contributed by atoms with Crippen molar-refractivity contribution in [3.63, 3.8) is 0 Å². The molecule has 0 aliphatic rings. The van der Waals surface area contributed by atoms with Gasteiger partial charge in [-0.1, -0.05) is 11.6 Å². The molecule has 0 saturated carbocycles. The predicted octanol–water partition coefficient (Wildman–Crippen LogP) is 4.57. The van der Waals surface area contributed by atoms with Crippen LogP contribution in [-0.2, 0) is 18.5 Å². The zero-order valence-electron chi connectivity index (χ0n) is 10.1. The second-order valence-electron chi connectivity index (χ2n) is 3.82. The van der Waals surface area contributed by atoms with E-state index in [0.29, 0.717) is 15.8 Å². The van der Waals surface area contributed by atoms with Crippen molar-refractivity contribution >= 4 is 34.7 Å². The molecule has 0 bridgehead atoms. The number of thiazole rings is 1. The Bertz CT molecular complexity index is 581. The number of hydrogen-bond acceptors (Lipinski definition) is 4. The topological polar surface area (TPSA) is 38.9 Å². The number of benzene rings is 1. The summed E-state index contributed by atoms with van der Waals surface area (Å²) in [5, 5.41) is 1.03. The monoisotopic (exact) mass is 338 g/mol. The van der Waals surface area contributed by atoms with Gasteiger partial charge < -0.3 is 5.73 Å². The molecular formula is C12H10ClF3N2S2. The summed E-state index contributed by atoms with van der Waals surface area (Å²) in [5.41, 5.74) is 4.47. The van der Waals surface area contributed by atoms with E-state index in [1.807, 2.05) is 12.1 Å². The molecule has 8 heteroatoms. The standard InChI is InChI=1S/C12H10ClF3N2S2/c13-7-1-3-8(4-2-7)19-6-10-18-11(12(14,15)16)9(5-17)20-10/h1-4H,5-6,17H2. The van der Waals surface area contributed by atoms with Gasteiger partial charge in [0, 0.05) is 16.5 Å². The number of nitrogens with zero attached hydrogens (tertiary/aromatic N) is 1. The van der Waals surface area contributed by atoms with Gasteiger partial charge in [0.25, 0.3) is 0 Å². The van der Waals surface area contributed by atoms with Crippen LogP contribution in [0.4, 0.5) is 13.2 Å². The first-order valence-corrected chi connectivity index (χ1v) is 7.72. The van der Waals surface area contributed by atoms with Crippen LogP contribution in [0.15, 0.2) is 29.2 Å². The van der Waals surface area contributed by atoms with Crippen LogP contribution in [0.2, 0.25) is 5.02 Å². The van der Waals surface area contributed by atoms with E-state index in [2.05, 4.69) is 4.98 Å². The van der Waals surface area contributed by atoms with Gasteiger partial charge >= 0.3 is 6.18 Å². The summed E-state index contributed by atoms with van der Waals surface area (Å²) in [7, 11) is 0. The molecule has 2 nitrogen and oxygen atoms in total. The minimum Gasteiger partial charge on any atom is -0.326 e. The Morgan fingerprint density at radius 3 is 2.40 bits per heavy atom. The third-order valence-electron chi connectivity index (χ3n) is 2.37. The molecule has 2 N–H and O–H groups in total. The third-order valence-corrected chi connectivity index (χ3v) is 4.91. The van der Waals surface area contributed by atoms with Crippen LogP contribution >= 0.6 is 34.7 Å². The van der Waals surface area contributed by atoms with Crippen LogP contribution in [0, 0.1) is 0 Å². The Morgan fingerprint density at radius 2 is 1.90 bits per heavy atom. The molecule has 1 heterocycles. The fraction of sp³-hybridized carbons (Fsp3) is 0.250. The van der Waals surface area contributed by atoms with Crippen LogP contribution in [0.25, 0.3) is 0 Å². The molecule has 0 atom stereocenters. The van der Waals surface area contributed by atoms with Gasteiger partial charge in [-0.05, 0) is 24.3 Å². The molecule has 0 spiro atoms. The van der Waals surface area contributed by atoms with Crippen molar-refractivity contribution in [2.45, 2.75) is 23.4 Å². The zero-order valence-corrected chi connectivity index (χ0v) is 12.5. The lowest BCUT2D eigenvalue weighted by Crippen LogP contribution is -2.10. The number of rotatable bonds is 4. The van der Waals surface area contributed by atoms with E-state index in [0.717, 1.165) is 16.2 Å². The first-order valence-electron chi connectivity index (χ1n) is 5.54. The van der Waals surface area contributed by atoms with E-state index >= 15 is 0 Å². The highest BCUT2D eigenvalue weighted by atomic mass is 35.5. The Morgan fingerprint density at radius 1 is 1.25 bits per heavy atom. The van der Waals surface area contributed by atoms with Gasteiger partial charge in [-0.3, -0.25) is 0 Å². The summed E-state index contributed by atoms with van der Waals surface area (Å²) in [6.45, 7) is -0.155. The average Bonchev–Trinajstić information content (AvgIpc) is 2.81. The van der Waals surface area contributed by atoms with Gasteiger partial charge in [0.2, 0.25) is 0 Å². The Labute approximate surface area is 127 Å². The smallest absolute Gasteiger partial charge is 0.326 e. The lowest BCUT2D eigenvalue weighted by molar-refractivity contribution is -0.141. The SMILES string of the molecule is NCc1sc(CSc2ccc(Cl)cc2)nc1C(F)(F)F. The number of hydrogen-bond donors (Lipinski definition) is 1. The minimum atomic E-state index is -4.45. The van der Waals surface area contributed by atoms with Crippen LogP contribution in [0.5, 0.6) is 0 Å². The van der Waals surface area contributed by atoms with E-state index in [4.69, 9.17) is 17.3 Å². The first kappa shape index (κ1) is 15.6. The Kier molecular flexibility index (Phi) is 4.95. The molecule has 0 aliphatic carbocycles. The number of aromatic nitrogens is 1. The summed E-state index contributed by atoms with van der Waals surface area (Å²) in [6.07, 6.45) is -4.45. The molecule has 0 aliphatic heterocycles. The fourth-order valence-corrected chi connectivity index (χ4v) is 3.48. The predicted molar refractivity (Wildman–Crippen MR) is 76.0 cm³/mol. The summed E-state index contributed by atoms with van der Waals surface area (Å²) in [5.74, 6) is 0.370. The summed E-state index contributed by atoms with van der Waals surface area (Å²) < 4.78 is 38.2. The van der Waals surface area contributed by atoms with Crippen molar-refractivity contribution < 1.29 is 13.2 Å². The molecule has 1 aromatic carbocycles. The van der Waals surface area contributed by atoms with Crippen molar-refractivity contribution in [1.82, 2.24) is 4.98 Å². The Balaban J connectivity index is 2.10. The van der Waals surface area contributed by atoms with E-state index in [-0.39, 0.29) is 11.4 Å². The van der Waals surface area contributed by atoms with Gasteiger partial charge in [-0.25, -0.2) is 4.98 Å². The summed E-state index contributed by atoms with van der Waals surface area (Å²) in [4.78, 5) is 4.65. The van der Waals surface area contributed by atoms with E-state index in [9.17, 15) is 13.2 Å². The maximum atomic E-state index is 12.7. The highest BCUT2D eigenvalue weighted by Gasteiger charge is 2.36. The van der Waals surface area contributed by atoms with Crippen LogP contribution in [0.3, 0.4) is 0 Å². The number of alkyl halides is 3. The molecule has 0 saturated heterocycles. The largest absolute Gasteiger partial charge is 0.434 e.